The molecule has 5 heteroatoms. The molecule has 17 heavy (non-hydrogen) atoms. The van der Waals surface area contributed by atoms with Gasteiger partial charge in [0.2, 0.25) is 11.8 Å². The lowest BCUT2D eigenvalue weighted by Crippen LogP contribution is -2.49. The molecule has 98 valence electrons. The Balaban J connectivity index is 2.40. The van der Waals surface area contributed by atoms with Gasteiger partial charge in [0.25, 0.3) is 0 Å². The second kappa shape index (κ2) is 5.49. The summed E-state index contributed by atoms with van der Waals surface area (Å²) in [6, 6.07) is -0.109. The smallest absolute Gasteiger partial charge is 0.240 e. The van der Waals surface area contributed by atoms with Crippen LogP contribution in [0.3, 0.4) is 0 Å². The van der Waals surface area contributed by atoms with E-state index in [1.165, 1.54) is 4.90 Å². The van der Waals surface area contributed by atoms with Gasteiger partial charge in [-0.2, -0.15) is 0 Å². The Morgan fingerprint density at radius 2 is 2.06 bits per heavy atom. The molecule has 1 fully saturated rings. The molecule has 1 heterocycles. The van der Waals surface area contributed by atoms with Crippen LogP contribution in [0.25, 0.3) is 0 Å². The van der Waals surface area contributed by atoms with Gasteiger partial charge in [-0.05, 0) is 40.2 Å². The van der Waals surface area contributed by atoms with Gasteiger partial charge in [-0.1, -0.05) is 0 Å². The Kier molecular flexibility index (Phi) is 4.51. The van der Waals surface area contributed by atoms with Crippen molar-refractivity contribution in [2.24, 2.45) is 0 Å². The van der Waals surface area contributed by atoms with Gasteiger partial charge in [0.05, 0.1) is 12.6 Å². The number of rotatable bonds is 3. The summed E-state index contributed by atoms with van der Waals surface area (Å²) < 4.78 is 0. The maximum atomic E-state index is 11.9. The number of carbonyl (C=O) groups excluding carboxylic acids is 2. The molecule has 0 aromatic heterocycles. The molecule has 0 spiro atoms. The van der Waals surface area contributed by atoms with Crippen molar-refractivity contribution in [2.75, 3.05) is 20.1 Å². The average molecular weight is 241 g/mol. The molecule has 0 bridgehead atoms. The predicted octanol–water partition coefficient (Wildman–Crippen LogP) is 0.112. The zero-order valence-electron chi connectivity index (χ0n) is 11.2. The second-order valence-corrected chi connectivity index (χ2v) is 5.64. The summed E-state index contributed by atoms with van der Waals surface area (Å²) in [5.41, 5.74) is -0.257. The fraction of sp³-hybridized carbons (Fsp3) is 0.833. The fourth-order valence-electron chi connectivity index (χ4n) is 1.91. The molecule has 0 aliphatic carbocycles. The highest BCUT2D eigenvalue weighted by atomic mass is 16.2. The van der Waals surface area contributed by atoms with Crippen LogP contribution >= 0.6 is 0 Å². The van der Waals surface area contributed by atoms with Crippen molar-refractivity contribution in [3.63, 3.8) is 0 Å². The topological polar surface area (TPSA) is 61.4 Å². The quantitative estimate of drug-likeness (QED) is 0.737. The van der Waals surface area contributed by atoms with Gasteiger partial charge < -0.3 is 15.5 Å². The van der Waals surface area contributed by atoms with Crippen LogP contribution in [-0.2, 0) is 9.59 Å². The van der Waals surface area contributed by atoms with Crippen molar-refractivity contribution in [2.45, 2.75) is 45.2 Å². The molecule has 0 radical (unpaired) electrons. The van der Waals surface area contributed by atoms with Crippen LogP contribution in [0.2, 0.25) is 0 Å². The molecule has 2 N–H and O–H groups in total. The Morgan fingerprint density at radius 1 is 1.41 bits per heavy atom. The van der Waals surface area contributed by atoms with Crippen molar-refractivity contribution in [3.05, 3.63) is 0 Å². The number of likely N-dealkylation sites (N-methyl/N-ethyl adjacent to an activating group) is 1. The summed E-state index contributed by atoms with van der Waals surface area (Å²) in [5.74, 6) is -0.113. The first-order valence-corrected chi connectivity index (χ1v) is 6.09. The molecule has 1 atom stereocenters. The van der Waals surface area contributed by atoms with Gasteiger partial charge in [0, 0.05) is 12.6 Å². The third-order valence-electron chi connectivity index (χ3n) is 2.63. The Hall–Kier alpha value is -1.10. The minimum Gasteiger partial charge on any atom is -0.350 e. The van der Waals surface area contributed by atoms with E-state index in [1.807, 2.05) is 20.8 Å². The molecule has 2 amide bonds. The van der Waals surface area contributed by atoms with Crippen LogP contribution in [0.15, 0.2) is 0 Å². The highest BCUT2D eigenvalue weighted by molar-refractivity contribution is 5.87. The van der Waals surface area contributed by atoms with Crippen molar-refractivity contribution >= 4 is 11.8 Å². The maximum absolute atomic E-state index is 11.9. The Bertz CT molecular complexity index is 291. The first-order valence-electron chi connectivity index (χ1n) is 6.09. The van der Waals surface area contributed by atoms with Gasteiger partial charge >= 0.3 is 0 Å². The first-order chi connectivity index (χ1) is 7.79. The van der Waals surface area contributed by atoms with Crippen molar-refractivity contribution < 1.29 is 9.59 Å². The van der Waals surface area contributed by atoms with E-state index in [0.717, 1.165) is 19.4 Å². The summed E-state index contributed by atoms with van der Waals surface area (Å²) in [7, 11) is 1.67. The van der Waals surface area contributed by atoms with E-state index in [4.69, 9.17) is 0 Å². The molecular weight excluding hydrogens is 218 g/mol. The lowest BCUT2D eigenvalue weighted by atomic mass is 10.1. The third-order valence-corrected chi connectivity index (χ3v) is 2.63. The van der Waals surface area contributed by atoms with E-state index in [-0.39, 0.29) is 29.9 Å². The van der Waals surface area contributed by atoms with Crippen molar-refractivity contribution in [1.29, 1.82) is 0 Å². The lowest BCUT2D eigenvalue weighted by Gasteiger charge is -2.24. The molecule has 0 aromatic rings. The van der Waals surface area contributed by atoms with E-state index in [9.17, 15) is 9.59 Å². The molecule has 0 unspecified atom stereocenters. The van der Waals surface area contributed by atoms with Crippen LogP contribution in [-0.4, -0.2) is 48.4 Å². The van der Waals surface area contributed by atoms with E-state index < -0.39 is 0 Å². The zero-order chi connectivity index (χ0) is 13.1. The fourth-order valence-corrected chi connectivity index (χ4v) is 1.91. The third kappa shape index (κ3) is 4.73. The minimum atomic E-state index is -0.257. The second-order valence-electron chi connectivity index (χ2n) is 5.64. The zero-order valence-corrected chi connectivity index (χ0v) is 11.2. The van der Waals surface area contributed by atoms with E-state index in [1.54, 1.807) is 7.05 Å². The highest BCUT2D eigenvalue weighted by Crippen LogP contribution is 2.07. The van der Waals surface area contributed by atoms with Crippen LogP contribution in [0.4, 0.5) is 0 Å². The molecule has 1 saturated heterocycles. The molecule has 0 aromatic carbocycles. The van der Waals surface area contributed by atoms with Crippen LogP contribution < -0.4 is 10.6 Å². The first kappa shape index (κ1) is 14.0. The van der Waals surface area contributed by atoms with Crippen LogP contribution in [0.1, 0.15) is 33.6 Å². The largest absolute Gasteiger partial charge is 0.350 e. The minimum absolute atomic E-state index is 0.00607. The summed E-state index contributed by atoms with van der Waals surface area (Å²) in [5, 5.41) is 5.98. The molecule has 1 aliphatic rings. The monoisotopic (exact) mass is 241 g/mol. The highest BCUT2D eigenvalue weighted by Gasteiger charge is 2.26. The number of amides is 2. The number of nitrogens with zero attached hydrogens (tertiary/aromatic N) is 1. The normalized spacial score (nSPS) is 20.1. The molecule has 1 rings (SSSR count). The summed E-state index contributed by atoms with van der Waals surface area (Å²) in [6.45, 7) is 6.77. The number of hydrogen-bond donors (Lipinski definition) is 2. The molecular formula is C12H23N3O2. The average Bonchev–Trinajstić information content (AvgIpc) is 2.65. The van der Waals surface area contributed by atoms with Crippen LogP contribution in [0.5, 0.6) is 0 Å². The van der Waals surface area contributed by atoms with Gasteiger partial charge in [-0.25, -0.2) is 0 Å². The van der Waals surface area contributed by atoms with Crippen LogP contribution in [0, 0.1) is 0 Å². The summed E-state index contributed by atoms with van der Waals surface area (Å²) >= 11 is 0. The van der Waals surface area contributed by atoms with E-state index in [2.05, 4.69) is 10.6 Å². The predicted molar refractivity (Wildman–Crippen MR) is 66.6 cm³/mol. The lowest BCUT2D eigenvalue weighted by molar-refractivity contribution is -0.136. The SMILES string of the molecule is CN(CC(=O)NC(C)(C)C)C(=O)[C@@H]1CCCN1. The van der Waals surface area contributed by atoms with Gasteiger partial charge in [0.1, 0.15) is 0 Å². The standard InChI is InChI=1S/C12H23N3O2/c1-12(2,3)14-10(16)8-15(4)11(17)9-6-5-7-13-9/h9,13H,5-8H2,1-4H3,(H,14,16)/t9-/m0/s1. The summed E-state index contributed by atoms with van der Waals surface area (Å²) in [4.78, 5) is 25.1. The van der Waals surface area contributed by atoms with Gasteiger partial charge in [-0.3, -0.25) is 9.59 Å². The van der Waals surface area contributed by atoms with Gasteiger partial charge in [-0.15, -0.1) is 0 Å². The Labute approximate surface area is 103 Å². The van der Waals surface area contributed by atoms with Crippen molar-refractivity contribution in [1.82, 2.24) is 15.5 Å². The number of nitrogens with one attached hydrogen (secondary N) is 2. The van der Waals surface area contributed by atoms with E-state index in [0.29, 0.717) is 0 Å². The van der Waals surface area contributed by atoms with E-state index >= 15 is 0 Å². The molecule has 0 saturated carbocycles. The van der Waals surface area contributed by atoms with Crippen molar-refractivity contribution in [3.8, 4) is 0 Å². The molecule has 1 aliphatic heterocycles. The summed E-state index contributed by atoms with van der Waals surface area (Å²) in [6.07, 6.45) is 1.89. The Morgan fingerprint density at radius 3 is 2.53 bits per heavy atom. The number of hydrogen-bond acceptors (Lipinski definition) is 3. The van der Waals surface area contributed by atoms with Gasteiger partial charge in [0.15, 0.2) is 0 Å². The number of carbonyl (C=O) groups is 2. The molecule has 5 nitrogen and oxygen atoms in total. The maximum Gasteiger partial charge on any atom is 0.240 e.